The number of thiophene rings is 1. The Morgan fingerprint density at radius 1 is 1.06 bits per heavy atom. The van der Waals surface area contributed by atoms with Crippen molar-refractivity contribution in [2.24, 2.45) is 0 Å². The predicted molar refractivity (Wildman–Crippen MR) is 139 cm³/mol. The SMILES string of the molecule is COc1ccc(C)cc1-n1c(SCCSc2ccc(Cl)cc2)nc2sc(C)c(C)c2c1=O. The molecule has 0 unspecified atom stereocenters. The van der Waals surface area contributed by atoms with Crippen molar-refractivity contribution < 1.29 is 4.74 Å². The molecule has 0 fully saturated rings. The van der Waals surface area contributed by atoms with Gasteiger partial charge in [0.05, 0.1) is 18.2 Å². The number of hydrogen-bond donors (Lipinski definition) is 0. The van der Waals surface area contributed by atoms with Crippen molar-refractivity contribution in [3.63, 3.8) is 0 Å². The summed E-state index contributed by atoms with van der Waals surface area (Å²) in [6.07, 6.45) is 0. The molecule has 2 heterocycles. The summed E-state index contributed by atoms with van der Waals surface area (Å²) in [5, 5.41) is 2.11. The number of halogens is 1. The number of aryl methyl sites for hydroxylation is 3. The first-order valence-electron chi connectivity index (χ1n) is 10.1. The van der Waals surface area contributed by atoms with Crippen LogP contribution in [0.4, 0.5) is 0 Å². The van der Waals surface area contributed by atoms with E-state index in [1.165, 1.54) is 4.90 Å². The van der Waals surface area contributed by atoms with Gasteiger partial charge in [-0.2, -0.15) is 0 Å². The lowest BCUT2D eigenvalue weighted by Crippen LogP contribution is -2.22. The van der Waals surface area contributed by atoms with Gasteiger partial charge in [-0.15, -0.1) is 23.1 Å². The van der Waals surface area contributed by atoms with E-state index in [1.807, 2.05) is 63.2 Å². The highest BCUT2D eigenvalue weighted by atomic mass is 35.5. The molecule has 0 aliphatic heterocycles. The number of fused-ring (bicyclic) bond motifs is 1. The van der Waals surface area contributed by atoms with Crippen LogP contribution in [0.2, 0.25) is 5.02 Å². The number of methoxy groups -OCH3 is 1. The van der Waals surface area contributed by atoms with E-state index in [1.54, 1.807) is 46.5 Å². The molecule has 4 nitrogen and oxygen atoms in total. The van der Waals surface area contributed by atoms with Gasteiger partial charge in [-0.1, -0.05) is 29.4 Å². The summed E-state index contributed by atoms with van der Waals surface area (Å²) >= 11 is 10.9. The van der Waals surface area contributed by atoms with Gasteiger partial charge in [0.25, 0.3) is 5.56 Å². The molecule has 166 valence electrons. The zero-order chi connectivity index (χ0) is 22.8. The summed E-state index contributed by atoms with van der Waals surface area (Å²) < 4.78 is 7.31. The number of thioether (sulfide) groups is 2. The number of nitrogens with zero attached hydrogens (tertiary/aromatic N) is 2. The lowest BCUT2D eigenvalue weighted by atomic mass is 10.2. The molecule has 0 aliphatic rings. The molecule has 4 rings (SSSR count). The topological polar surface area (TPSA) is 44.1 Å². The summed E-state index contributed by atoms with van der Waals surface area (Å²) in [6, 6.07) is 13.7. The van der Waals surface area contributed by atoms with Crippen LogP contribution >= 0.6 is 46.5 Å². The molecule has 0 bridgehead atoms. The molecular weight excluding hydrogens is 480 g/mol. The molecule has 0 N–H and O–H groups in total. The minimum absolute atomic E-state index is 0.0476. The summed E-state index contributed by atoms with van der Waals surface area (Å²) in [5.41, 5.74) is 2.73. The maximum atomic E-state index is 13.7. The molecule has 0 spiro atoms. The number of hydrogen-bond acceptors (Lipinski definition) is 6. The first-order chi connectivity index (χ1) is 15.4. The van der Waals surface area contributed by atoms with Crippen LogP contribution in [-0.4, -0.2) is 28.2 Å². The van der Waals surface area contributed by atoms with Gasteiger partial charge in [-0.25, -0.2) is 4.98 Å². The van der Waals surface area contributed by atoms with Crippen molar-refractivity contribution in [3.8, 4) is 11.4 Å². The standard InChI is InChI=1S/C24H23ClN2O2S3/c1-14-5-10-20(29-4)19(13-14)27-23(28)21-15(2)16(3)32-22(21)26-24(27)31-12-11-30-18-8-6-17(25)7-9-18/h5-10,13H,11-12H2,1-4H3. The molecule has 0 radical (unpaired) electrons. The van der Waals surface area contributed by atoms with Crippen LogP contribution in [0.15, 0.2) is 57.3 Å². The van der Waals surface area contributed by atoms with Gasteiger partial charge in [0, 0.05) is 26.3 Å². The largest absolute Gasteiger partial charge is 0.495 e. The minimum atomic E-state index is -0.0476. The van der Waals surface area contributed by atoms with Crippen molar-refractivity contribution in [1.29, 1.82) is 0 Å². The second-order valence-electron chi connectivity index (χ2n) is 7.32. The van der Waals surface area contributed by atoms with E-state index in [0.717, 1.165) is 43.1 Å². The van der Waals surface area contributed by atoms with E-state index in [0.29, 0.717) is 16.3 Å². The summed E-state index contributed by atoms with van der Waals surface area (Å²) in [7, 11) is 1.63. The molecule has 0 saturated carbocycles. The third-order valence-corrected chi connectivity index (χ3v) is 8.71. The second-order valence-corrected chi connectivity index (χ2v) is 11.2. The van der Waals surface area contributed by atoms with Crippen molar-refractivity contribution in [2.75, 3.05) is 18.6 Å². The van der Waals surface area contributed by atoms with Crippen molar-refractivity contribution in [2.45, 2.75) is 30.8 Å². The Morgan fingerprint density at radius 3 is 2.50 bits per heavy atom. The highest BCUT2D eigenvalue weighted by Crippen LogP contribution is 2.32. The number of benzene rings is 2. The zero-order valence-corrected chi connectivity index (χ0v) is 21.5. The van der Waals surface area contributed by atoms with Crippen LogP contribution < -0.4 is 10.3 Å². The third kappa shape index (κ3) is 4.71. The number of rotatable bonds is 7. The molecule has 32 heavy (non-hydrogen) atoms. The highest BCUT2D eigenvalue weighted by molar-refractivity contribution is 8.02. The Balaban J connectivity index is 1.72. The van der Waals surface area contributed by atoms with Gasteiger partial charge < -0.3 is 4.74 Å². The van der Waals surface area contributed by atoms with Crippen molar-refractivity contribution >= 4 is 56.7 Å². The quantitative estimate of drug-likeness (QED) is 0.156. The van der Waals surface area contributed by atoms with Crippen LogP contribution in [-0.2, 0) is 0 Å². The first-order valence-corrected chi connectivity index (χ1v) is 13.2. The maximum absolute atomic E-state index is 13.7. The first kappa shape index (κ1) is 23.2. The highest BCUT2D eigenvalue weighted by Gasteiger charge is 2.20. The van der Waals surface area contributed by atoms with Crippen LogP contribution in [0.5, 0.6) is 5.75 Å². The third-order valence-electron chi connectivity index (χ3n) is 5.14. The lowest BCUT2D eigenvalue weighted by Gasteiger charge is -2.16. The second kappa shape index (κ2) is 9.91. The number of aromatic nitrogens is 2. The summed E-state index contributed by atoms with van der Waals surface area (Å²) in [4.78, 5) is 21.7. The molecule has 0 saturated heterocycles. The maximum Gasteiger partial charge on any atom is 0.267 e. The van der Waals surface area contributed by atoms with Gasteiger partial charge in [-0.3, -0.25) is 9.36 Å². The Bertz CT molecular complexity index is 1330. The molecular formula is C24H23ClN2O2S3. The predicted octanol–water partition coefficient (Wildman–Crippen LogP) is 6.92. The average molecular weight is 503 g/mol. The van der Waals surface area contributed by atoms with Gasteiger partial charge in [-0.05, 0) is 68.3 Å². The van der Waals surface area contributed by atoms with Gasteiger partial charge in [0.1, 0.15) is 10.6 Å². The average Bonchev–Trinajstić information content (AvgIpc) is 3.06. The lowest BCUT2D eigenvalue weighted by molar-refractivity contribution is 0.411. The molecule has 0 atom stereocenters. The monoisotopic (exact) mass is 502 g/mol. The fourth-order valence-corrected chi connectivity index (χ4v) is 6.47. The molecule has 2 aromatic heterocycles. The normalized spacial score (nSPS) is 11.3. The van der Waals surface area contributed by atoms with E-state index in [4.69, 9.17) is 21.3 Å². The van der Waals surface area contributed by atoms with Crippen molar-refractivity contribution in [3.05, 3.63) is 73.8 Å². The molecule has 2 aromatic carbocycles. The van der Waals surface area contributed by atoms with E-state index < -0.39 is 0 Å². The van der Waals surface area contributed by atoms with E-state index in [-0.39, 0.29) is 5.56 Å². The Kier molecular flexibility index (Phi) is 7.20. The van der Waals surface area contributed by atoms with E-state index in [2.05, 4.69) is 0 Å². The molecule has 8 heteroatoms. The van der Waals surface area contributed by atoms with E-state index >= 15 is 0 Å². The molecule has 0 amide bonds. The Morgan fingerprint density at radius 2 is 1.78 bits per heavy atom. The number of ether oxygens (including phenoxy) is 1. The van der Waals surface area contributed by atoms with Crippen LogP contribution in [0, 0.1) is 20.8 Å². The zero-order valence-electron chi connectivity index (χ0n) is 18.3. The van der Waals surface area contributed by atoms with Crippen LogP contribution in [0.25, 0.3) is 15.9 Å². The van der Waals surface area contributed by atoms with E-state index in [9.17, 15) is 4.79 Å². The fourth-order valence-electron chi connectivity index (χ4n) is 3.38. The molecule has 4 aromatic rings. The van der Waals surface area contributed by atoms with Crippen LogP contribution in [0.1, 0.15) is 16.0 Å². The van der Waals surface area contributed by atoms with Gasteiger partial charge in [0.15, 0.2) is 5.16 Å². The smallest absolute Gasteiger partial charge is 0.267 e. The summed E-state index contributed by atoms with van der Waals surface area (Å²) in [6.45, 7) is 6.04. The van der Waals surface area contributed by atoms with Crippen LogP contribution in [0.3, 0.4) is 0 Å². The Labute approximate surface area is 205 Å². The van der Waals surface area contributed by atoms with Gasteiger partial charge in [0.2, 0.25) is 0 Å². The van der Waals surface area contributed by atoms with Gasteiger partial charge >= 0.3 is 0 Å². The minimum Gasteiger partial charge on any atom is -0.495 e. The summed E-state index contributed by atoms with van der Waals surface area (Å²) in [5.74, 6) is 2.34. The van der Waals surface area contributed by atoms with Crippen molar-refractivity contribution in [1.82, 2.24) is 9.55 Å². The molecule has 0 aliphatic carbocycles. The Hall–Kier alpha value is -1.93. The fraction of sp³-hybridized carbons (Fsp3) is 0.250.